The van der Waals surface area contributed by atoms with E-state index in [1.807, 2.05) is 24.4 Å². The van der Waals surface area contributed by atoms with Gasteiger partial charge in [0.1, 0.15) is 11.1 Å². The molecule has 2 heterocycles. The lowest BCUT2D eigenvalue weighted by molar-refractivity contribution is 1.10. The van der Waals surface area contributed by atoms with Gasteiger partial charge in [0.25, 0.3) is 0 Å². The number of thiazole rings is 1. The minimum atomic E-state index is 0.578. The Balaban J connectivity index is 2.15. The van der Waals surface area contributed by atoms with Crippen LogP contribution in [0.15, 0.2) is 33.1 Å². The monoisotopic (exact) mass is 233 g/mol. The first-order valence-electron chi connectivity index (χ1n) is 4.24. The largest absolute Gasteiger partial charge is 0.248 e. The highest BCUT2D eigenvalue weighted by molar-refractivity contribution is 8.00. The lowest BCUT2D eigenvalue weighted by Crippen LogP contribution is -1.81. The van der Waals surface area contributed by atoms with E-state index in [4.69, 9.17) is 5.26 Å². The van der Waals surface area contributed by atoms with E-state index >= 15 is 0 Å². The molecule has 0 fully saturated rings. The minimum Gasteiger partial charge on any atom is -0.248 e. The molecular formula is C10H7N3S2. The quantitative estimate of drug-likeness (QED) is 0.800. The number of hydrogen-bond acceptors (Lipinski definition) is 5. The first-order valence-corrected chi connectivity index (χ1v) is 5.93. The van der Waals surface area contributed by atoms with Crippen molar-refractivity contribution in [1.29, 1.82) is 5.26 Å². The average Bonchev–Trinajstić information content (AvgIpc) is 2.65. The second-order valence-corrected chi connectivity index (χ2v) is 4.98. The molecule has 15 heavy (non-hydrogen) atoms. The molecule has 0 unspecified atom stereocenters. The number of nitriles is 1. The zero-order valence-electron chi connectivity index (χ0n) is 7.97. The summed E-state index contributed by atoms with van der Waals surface area (Å²) in [5.74, 6) is 0. The lowest BCUT2D eigenvalue weighted by atomic mass is 10.3. The van der Waals surface area contributed by atoms with E-state index in [1.165, 1.54) is 11.8 Å². The van der Waals surface area contributed by atoms with Crippen molar-refractivity contribution in [2.45, 2.75) is 16.3 Å². The van der Waals surface area contributed by atoms with Crippen molar-refractivity contribution in [2.75, 3.05) is 0 Å². The Morgan fingerprint density at radius 2 is 2.33 bits per heavy atom. The smallest absolute Gasteiger partial charge is 0.156 e. The van der Waals surface area contributed by atoms with Gasteiger partial charge < -0.3 is 0 Å². The zero-order valence-corrected chi connectivity index (χ0v) is 9.60. The molecule has 0 spiro atoms. The van der Waals surface area contributed by atoms with E-state index in [0.29, 0.717) is 5.56 Å². The predicted octanol–water partition coefficient (Wildman–Crippen LogP) is 2.87. The maximum atomic E-state index is 8.61. The average molecular weight is 233 g/mol. The maximum absolute atomic E-state index is 8.61. The third kappa shape index (κ3) is 2.55. The van der Waals surface area contributed by atoms with Crippen LogP contribution < -0.4 is 0 Å². The van der Waals surface area contributed by atoms with Crippen LogP contribution in [0, 0.1) is 18.3 Å². The molecule has 0 atom stereocenters. The second-order valence-electron chi connectivity index (χ2n) is 2.85. The molecule has 0 aliphatic heterocycles. The Kier molecular flexibility index (Phi) is 2.99. The highest BCUT2D eigenvalue weighted by Crippen LogP contribution is 2.28. The Bertz CT molecular complexity index is 496. The van der Waals surface area contributed by atoms with Crippen LogP contribution in [0.1, 0.15) is 11.3 Å². The molecule has 0 saturated heterocycles. The number of aromatic nitrogens is 2. The highest BCUT2D eigenvalue weighted by Gasteiger charge is 2.02. The molecule has 0 amide bonds. The van der Waals surface area contributed by atoms with Crippen molar-refractivity contribution in [3.05, 3.63) is 35.0 Å². The van der Waals surface area contributed by atoms with E-state index in [2.05, 4.69) is 9.97 Å². The van der Waals surface area contributed by atoms with Gasteiger partial charge in [-0.3, -0.25) is 0 Å². The molecule has 0 aliphatic carbocycles. The molecule has 5 heteroatoms. The van der Waals surface area contributed by atoms with E-state index in [1.54, 1.807) is 23.6 Å². The summed E-state index contributed by atoms with van der Waals surface area (Å²) < 4.78 is 0.977. The Morgan fingerprint density at radius 1 is 1.47 bits per heavy atom. The van der Waals surface area contributed by atoms with Crippen molar-refractivity contribution in [2.24, 2.45) is 0 Å². The summed E-state index contributed by atoms with van der Waals surface area (Å²) in [6.07, 6.45) is 1.57. The first kappa shape index (κ1) is 10.1. The van der Waals surface area contributed by atoms with Crippen LogP contribution in [0.2, 0.25) is 0 Å². The number of rotatable bonds is 2. The van der Waals surface area contributed by atoms with Gasteiger partial charge in [-0.1, -0.05) is 0 Å². The van der Waals surface area contributed by atoms with Crippen molar-refractivity contribution in [3.8, 4) is 6.07 Å². The van der Waals surface area contributed by atoms with Crippen LogP contribution in [0.4, 0.5) is 0 Å². The fourth-order valence-corrected chi connectivity index (χ4v) is 2.70. The molecule has 74 valence electrons. The molecule has 2 aromatic rings. The van der Waals surface area contributed by atoms with E-state index < -0.39 is 0 Å². The molecule has 0 N–H and O–H groups in total. The number of pyridine rings is 1. The molecule has 3 nitrogen and oxygen atoms in total. The second kappa shape index (κ2) is 4.43. The van der Waals surface area contributed by atoms with Crippen LogP contribution in [0.3, 0.4) is 0 Å². The van der Waals surface area contributed by atoms with Crippen LogP contribution in [-0.2, 0) is 0 Å². The predicted molar refractivity (Wildman–Crippen MR) is 59.9 cm³/mol. The zero-order chi connectivity index (χ0) is 10.7. The molecule has 2 rings (SSSR count). The van der Waals surface area contributed by atoms with Gasteiger partial charge >= 0.3 is 0 Å². The van der Waals surface area contributed by atoms with Crippen molar-refractivity contribution in [3.63, 3.8) is 0 Å². The topological polar surface area (TPSA) is 49.6 Å². The SMILES string of the molecule is Cc1csc(Sc2ccc(C#N)cn2)n1. The Hall–Kier alpha value is -1.38. The molecule has 0 aliphatic rings. The molecule has 0 bridgehead atoms. The lowest BCUT2D eigenvalue weighted by Gasteiger charge is -1.95. The van der Waals surface area contributed by atoms with Gasteiger partial charge in [0.15, 0.2) is 4.34 Å². The minimum absolute atomic E-state index is 0.578. The van der Waals surface area contributed by atoms with Gasteiger partial charge in [-0.25, -0.2) is 9.97 Å². The van der Waals surface area contributed by atoms with E-state index in [9.17, 15) is 0 Å². The van der Waals surface area contributed by atoms with Crippen molar-refractivity contribution < 1.29 is 0 Å². The summed E-state index contributed by atoms with van der Waals surface area (Å²) in [7, 11) is 0. The van der Waals surface area contributed by atoms with Crippen molar-refractivity contribution >= 4 is 23.1 Å². The van der Waals surface area contributed by atoms with E-state index in [0.717, 1.165) is 15.1 Å². The van der Waals surface area contributed by atoms with Gasteiger partial charge in [0, 0.05) is 17.3 Å². The fourth-order valence-electron chi connectivity index (χ4n) is 0.976. The highest BCUT2D eigenvalue weighted by atomic mass is 32.2. The Labute approximate surface area is 95.8 Å². The van der Waals surface area contributed by atoms with Crippen LogP contribution in [0.5, 0.6) is 0 Å². The van der Waals surface area contributed by atoms with Gasteiger partial charge in [0.2, 0.25) is 0 Å². The fraction of sp³-hybridized carbons (Fsp3) is 0.100. The normalized spacial score (nSPS) is 9.87. The standard InChI is InChI=1S/C10H7N3S2/c1-7-6-14-10(13-7)15-9-3-2-8(4-11)5-12-9/h2-3,5-6H,1H3. The summed E-state index contributed by atoms with van der Waals surface area (Å²) in [4.78, 5) is 8.49. The van der Waals surface area contributed by atoms with Crippen LogP contribution in [0.25, 0.3) is 0 Å². The van der Waals surface area contributed by atoms with Gasteiger partial charge in [-0.15, -0.1) is 11.3 Å². The Morgan fingerprint density at radius 3 is 2.87 bits per heavy atom. The summed E-state index contributed by atoms with van der Waals surface area (Å²) in [6.45, 7) is 1.97. The van der Waals surface area contributed by atoms with Crippen LogP contribution in [-0.4, -0.2) is 9.97 Å². The molecule has 0 aromatic carbocycles. The number of aryl methyl sites for hydroxylation is 1. The number of hydrogen-bond donors (Lipinski definition) is 0. The maximum Gasteiger partial charge on any atom is 0.156 e. The van der Waals surface area contributed by atoms with Gasteiger partial charge in [-0.2, -0.15) is 5.26 Å². The van der Waals surface area contributed by atoms with Gasteiger partial charge in [0.05, 0.1) is 5.56 Å². The first-order chi connectivity index (χ1) is 7.28. The molecular weight excluding hydrogens is 226 g/mol. The van der Waals surface area contributed by atoms with Gasteiger partial charge in [-0.05, 0) is 30.8 Å². The summed E-state index contributed by atoms with van der Waals surface area (Å²) in [6, 6.07) is 5.63. The third-order valence-corrected chi connectivity index (χ3v) is 3.66. The summed E-state index contributed by atoms with van der Waals surface area (Å²) in [5.41, 5.74) is 1.60. The third-order valence-electron chi connectivity index (χ3n) is 1.66. The molecule has 2 aromatic heterocycles. The summed E-state index contributed by atoms with van der Waals surface area (Å²) >= 11 is 3.12. The molecule has 0 saturated carbocycles. The molecule has 0 radical (unpaired) electrons. The van der Waals surface area contributed by atoms with Crippen molar-refractivity contribution in [1.82, 2.24) is 9.97 Å². The summed E-state index contributed by atoms with van der Waals surface area (Å²) in [5, 5.41) is 11.5. The van der Waals surface area contributed by atoms with E-state index in [-0.39, 0.29) is 0 Å². The number of nitrogens with zero attached hydrogens (tertiary/aromatic N) is 3. The van der Waals surface area contributed by atoms with Crippen LogP contribution >= 0.6 is 23.1 Å².